The SMILES string of the molecule is CC1(C)c2ccccc2-c2ccc(N(c3ccc4ccccc4c3-c3ccccc3)c3c4ccccc4cc4ccccc34)cc21. The van der Waals surface area contributed by atoms with Crippen molar-refractivity contribution in [2.75, 3.05) is 4.90 Å². The van der Waals surface area contributed by atoms with Crippen molar-refractivity contribution in [3.05, 3.63) is 175 Å². The van der Waals surface area contributed by atoms with Crippen LogP contribution in [-0.4, -0.2) is 0 Å². The summed E-state index contributed by atoms with van der Waals surface area (Å²) < 4.78 is 0. The Morgan fingerprint density at radius 3 is 1.76 bits per heavy atom. The van der Waals surface area contributed by atoms with Gasteiger partial charge in [-0.1, -0.05) is 153 Å². The molecule has 0 fully saturated rings. The highest BCUT2D eigenvalue weighted by atomic mass is 15.1. The number of hydrogen-bond acceptors (Lipinski definition) is 1. The summed E-state index contributed by atoms with van der Waals surface area (Å²) in [5.41, 5.74) is 11.3. The van der Waals surface area contributed by atoms with Crippen LogP contribution >= 0.6 is 0 Å². The molecule has 0 heterocycles. The lowest BCUT2D eigenvalue weighted by Crippen LogP contribution is -2.17. The lowest BCUT2D eigenvalue weighted by molar-refractivity contribution is 0.660. The zero-order valence-electron chi connectivity index (χ0n) is 26.0. The summed E-state index contributed by atoms with van der Waals surface area (Å²) in [5.74, 6) is 0. The van der Waals surface area contributed by atoms with Crippen molar-refractivity contribution in [3.8, 4) is 22.3 Å². The van der Waals surface area contributed by atoms with E-state index in [2.05, 4.69) is 183 Å². The molecule has 0 aliphatic heterocycles. The third-order valence-corrected chi connectivity index (χ3v) is 10.0. The van der Waals surface area contributed by atoms with E-state index in [4.69, 9.17) is 0 Å². The summed E-state index contributed by atoms with van der Waals surface area (Å²) in [4.78, 5) is 2.54. The molecule has 8 aromatic rings. The molecule has 0 saturated carbocycles. The molecule has 218 valence electrons. The maximum absolute atomic E-state index is 2.54. The van der Waals surface area contributed by atoms with Gasteiger partial charge in [-0.2, -0.15) is 0 Å². The van der Waals surface area contributed by atoms with E-state index in [1.165, 1.54) is 77.1 Å². The summed E-state index contributed by atoms with van der Waals surface area (Å²) in [5, 5.41) is 7.41. The summed E-state index contributed by atoms with van der Waals surface area (Å²) in [6.07, 6.45) is 0. The summed E-state index contributed by atoms with van der Waals surface area (Å²) in [6.45, 7) is 4.73. The molecule has 0 N–H and O–H groups in total. The zero-order valence-corrected chi connectivity index (χ0v) is 26.0. The number of anilines is 3. The first-order chi connectivity index (χ1) is 22.6. The van der Waals surface area contributed by atoms with Crippen LogP contribution in [0.4, 0.5) is 17.1 Å². The first kappa shape index (κ1) is 26.7. The van der Waals surface area contributed by atoms with Gasteiger partial charge in [0.15, 0.2) is 0 Å². The van der Waals surface area contributed by atoms with Gasteiger partial charge in [-0.15, -0.1) is 0 Å². The highest BCUT2D eigenvalue weighted by Gasteiger charge is 2.36. The number of benzene rings is 8. The fourth-order valence-corrected chi connectivity index (χ4v) is 7.81. The van der Waals surface area contributed by atoms with Gasteiger partial charge in [0.1, 0.15) is 0 Å². The fourth-order valence-electron chi connectivity index (χ4n) is 7.81. The first-order valence-corrected chi connectivity index (χ1v) is 16.1. The maximum Gasteiger partial charge on any atom is 0.0618 e. The molecule has 1 heteroatoms. The molecule has 0 unspecified atom stereocenters. The van der Waals surface area contributed by atoms with Gasteiger partial charge in [0.25, 0.3) is 0 Å². The Morgan fingerprint density at radius 2 is 1.02 bits per heavy atom. The van der Waals surface area contributed by atoms with E-state index in [1.807, 2.05) is 0 Å². The van der Waals surface area contributed by atoms with Gasteiger partial charge in [0.2, 0.25) is 0 Å². The van der Waals surface area contributed by atoms with Gasteiger partial charge in [0.05, 0.1) is 11.4 Å². The summed E-state index contributed by atoms with van der Waals surface area (Å²) >= 11 is 0. The summed E-state index contributed by atoms with van der Waals surface area (Å²) in [7, 11) is 0. The topological polar surface area (TPSA) is 3.24 Å². The minimum Gasteiger partial charge on any atom is -0.309 e. The highest BCUT2D eigenvalue weighted by molar-refractivity contribution is 6.16. The number of rotatable bonds is 4. The molecule has 0 atom stereocenters. The molecule has 1 aliphatic rings. The second-order valence-corrected chi connectivity index (χ2v) is 13.0. The van der Waals surface area contributed by atoms with Crippen molar-refractivity contribution < 1.29 is 0 Å². The molecule has 0 radical (unpaired) electrons. The fraction of sp³-hybridized carbons (Fsp3) is 0.0667. The predicted molar refractivity (Wildman–Crippen MR) is 197 cm³/mol. The quantitative estimate of drug-likeness (QED) is 0.185. The van der Waals surface area contributed by atoms with Gasteiger partial charge in [0, 0.05) is 27.4 Å². The van der Waals surface area contributed by atoms with Crippen molar-refractivity contribution in [1.29, 1.82) is 0 Å². The van der Waals surface area contributed by atoms with Crippen LogP contribution in [0.25, 0.3) is 54.6 Å². The van der Waals surface area contributed by atoms with Gasteiger partial charge >= 0.3 is 0 Å². The van der Waals surface area contributed by atoms with E-state index < -0.39 is 0 Å². The molecule has 9 rings (SSSR count). The van der Waals surface area contributed by atoms with Gasteiger partial charge < -0.3 is 4.90 Å². The number of nitrogens with zero attached hydrogens (tertiary/aromatic N) is 1. The first-order valence-electron chi connectivity index (χ1n) is 16.1. The molecule has 46 heavy (non-hydrogen) atoms. The van der Waals surface area contributed by atoms with Crippen LogP contribution in [-0.2, 0) is 5.41 Å². The van der Waals surface area contributed by atoms with Crippen molar-refractivity contribution in [1.82, 2.24) is 0 Å². The lowest BCUT2D eigenvalue weighted by atomic mass is 9.82. The molecule has 0 spiro atoms. The van der Waals surface area contributed by atoms with E-state index in [0.29, 0.717) is 0 Å². The third kappa shape index (κ3) is 3.95. The molecule has 0 aromatic heterocycles. The second kappa shape index (κ2) is 10.2. The standard InChI is InChI=1S/C45H33N/c1-45(2)40-23-13-12-22-38(40)39-26-25-34(29-41(39)45)46(44-36-20-10-7-17-32(36)28-33-18-8-11-21-37(33)44)42-27-24-30-14-6-9-19-35(30)43(42)31-15-4-3-5-16-31/h3-29H,1-2H3. The van der Waals surface area contributed by atoms with E-state index >= 15 is 0 Å². The average molecular weight is 588 g/mol. The van der Waals surface area contributed by atoms with Gasteiger partial charge in [-0.25, -0.2) is 0 Å². The third-order valence-electron chi connectivity index (χ3n) is 10.0. The molecule has 1 aliphatic carbocycles. The molecule has 0 amide bonds. The lowest BCUT2D eigenvalue weighted by Gasteiger charge is -2.32. The minimum atomic E-state index is -0.111. The Hall–Kier alpha value is -5.66. The van der Waals surface area contributed by atoms with E-state index in [0.717, 1.165) is 5.69 Å². The molecule has 0 saturated heterocycles. The van der Waals surface area contributed by atoms with Gasteiger partial charge in [-0.05, 0) is 73.6 Å². The Morgan fingerprint density at radius 1 is 0.435 bits per heavy atom. The number of fused-ring (bicyclic) bond motifs is 6. The van der Waals surface area contributed by atoms with Crippen LogP contribution in [0.5, 0.6) is 0 Å². The predicted octanol–water partition coefficient (Wildman–Crippen LogP) is 12.6. The van der Waals surface area contributed by atoms with Crippen LogP contribution in [0.2, 0.25) is 0 Å². The van der Waals surface area contributed by atoms with Crippen LogP contribution in [0.3, 0.4) is 0 Å². The summed E-state index contributed by atoms with van der Waals surface area (Å²) in [6, 6.07) is 60.3. The van der Waals surface area contributed by atoms with E-state index in [1.54, 1.807) is 0 Å². The highest BCUT2D eigenvalue weighted by Crippen LogP contribution is 2.53. The van der Waals surface area contributed by atoms with Crippen LogP contribution in [0.15, 0.2) is 164 Å². The van der Waals surface area contributed by atoms with Crippen LogP contribution in [0, 0.1) is 0 Å². The maximum atomic E-state index is 2.54. The number of hydrogen-bond donors (Lipinski definition) is 0. The van der Waals surface area contributed by atoms with E-state index in [9.17, 15) is 0 Å². The van der Waals surface area contributed by atoms with Crippen molar-refractivity contribution in [2.45, 2.75) is 19.3 Å². The van der Waals surface area contributed by atoms with Crippen LogP contribution in [0.1, 0.15) is 25.0 Å². The Kier molecular flexibility index (Phi) is 5.92. The van der Waals surface area contributed by atoms with Gasteiger partial charge in [-0.3, -0.25) is 0 Å². The molecule has 0 bridgehead atoms. The largest absolute Gasteiger partial charge is 0.309 e. The average Bonchev–Trinajstić information content (AvgIpc) is 3.34. The monoisotopic (exact) mass is 587 g/mol. The van der Waals surface area contributed by atoms with Crippen molar-refractivity contribution in [2.24, 2.45) is 0 Å². The van der Waals surface area contributed by atoms with Crippen LogP contribution < -0.4 is 4.90 Å². The Labute approximate surface area is 270 Å². The normalized spacial score (nSPS) is 13.2. The van der Waals surface area contributed by atoms with Crippen molar-refractivity contribution in [3.63, 3.8) is 0 Å². The van der Waals surface area contributed by atoms with E-state index in [-0.39, 0.29) is 5.41 Å². The minimum absolute atomic E-state index is 0.111. The Balaban J connectivity index is 1.43. The molecular formula is C45H33N. The molecule has 1 nitrogen and oxygen atoms in total. The zero-order chi connectivity index (χ0) is 30.8. The molecule has 8 aromatic carbocycles. The smallest absolute Gasteiger partial charge is 0.0618 e. The second-order valence-electron chi connectivity index (χ2n) is 13.0. The van der Waals surface area contributed by atoms with Crippen molar-refractivity contribution >= 4 is 49.4 Å². The Bertz CT molecular complexity index is 2400. The molecular weight excluding hydrogens is 555 g/mol.